The van der Waals surface area contributed by atoms with Crippen LogP contribution in [0.4, 0.5) is 0 Å². The van der Waals surface area contributed by atoms with Crippen molar-refractivity contribution in [3.8, 4) is 0 Å². The largest absolute Gasteiger partial charge is 0.394 e. The Balaban J connectivity index is 3.57. The van der Waals surface area contributed by atoms with Crippen LogP contribution in [0.2, 0.25) is 0 Å². The summed E-state index contributed by atoms with van der Waals surface area (Å²) in [7, 11) is 0. The maximum absolute atomic E-state index is 12.3. The molecule has 0 saturated heterocycles. The first-order valence-electron chi connectivity index (χ1n) is 20.6. The molecule has 0 heterocycles. The summed E-state index contributed by atoms with van der Waals surface area (Å²) in [5, 5.41) is 22.9. The minimum absolute atomic E-state index is 0.0715. The summed E-state index contributed by atoms with van der Waals surface area (Å²) >= 11 is 0. The Kier molecular flexibility index (Phi) is 37.4. The number of aliphatic hydroxyl groups excluding tert-OH is 2. The zero-order valence-electron chi connectivity index (χ0n) is 31.1. The second kappa shape index (κ2) is 38.3. The molecule has 0 aromatic heterocycles. The van der Waals surface area contributed by atoms with Crippen molar-refractivity contribution in [2.45, 2.75) is 231 Å². The Labute approximate surface area is 288 Å². The number of rotatable bonds is 37. The van der Waals surface area contributed by atoms with Crippen LogP contribution in [0.5, 0.6) is 0 Å². The Morgan fingerprint density at radius 3 is 1.26 bits per heavy atom. The Morgan fingerprint density at radius 2 is 0.848 bits per heavy atom. The molecule has 1 amide bonds. The molecule has 0 bridgehead atoms. The summed E-state index contributed by atoms with van der Waals surface area (Å²) in [4.78, 5) is 12.3. The predicted molar refractivity (Wildman–Crippen MR) is 202 cm³/mol. The van der Waals surface area contributed by atoms with E-state index in [4.69, 9.17) is 0 Å². The van der Waals surface area contributed by atoms with E-state index in [9.17, 15) is 15.0 Å². The van der Waals surface area contributed by atoms with E-state index in [-0.39, 0.29) is 12.5 Å². The number of amides is 1. The summed E-state index contributed by atoms with van der Waals surface area (Å²) < 4.78 is 0. The highest BCUT2D eigenvalue weighted by molar-refractivity contribution is 5.76. The van der Waals surface area contributed by atoms with E-state index in [0.29, 0.717) is 6.42 Å². The van der Waals surface area contributed by atoms with Gasteiger partial charge in [-0.15, -0.1) is 0 Å². The summed E-state index contributed by atoms with van der Waals surface area (Å²) in [5.41, 5.74) is 0. The molecule has 0 saturated carbocycles. The maximum atomic E-state index is 12.3. The number of carbonyl (C=O) groups is 1. The third kappa shape index (κ3) is 34.2. The Morgan fingerprint density at radius 1 is 0.500 bits per heavy atom. The van der Waals surface area contributed by atoms with Crippen molar-refractivity contribution in [2.24, 2.45) is 0 Å². The van der Waals surface area contributed by atoms with Gasteiger partial charge in [-0.05, 0) is 32.1 Å². The minimum Gasteiger partial charge on any atom is -0.394 e. The lowest BCUT2D eigenvalue weighted by Gasteiger charge is -2.19. The maximum Gasteiger partial charge on any atom is 0.220 e. The van der Waals surface area contributed by atoms with Gasteiger partial charge in [-0.2, -0.15) is 0 Å². The fourth-order valence-corrected chi connectivity index (χ4v) is 6.25. The normalized spacial score (nSPS) is 13.2. The van der Waals surface area contributed by atoms with Gasteiger partial charge in [-0.25, -0.2) is 0 Å². The summed E-state index contributed by atoms with van der Waals surface area (Å²) in [6.07, 6.45) is 48.5. The lowest BCUT2D eigenvalue weighted by Crippen LogP contribution is -2.45. The topological polar surface area (TPSA) is 69.6 Å². The number of allylic oxidation sites excluding steroid dienone is 3. The quantitative estimate of drug-likeness (QED) is 0.0464. The van der Waals surface area contributed by atoms with Gasteiger partial charge in [0.05, 0.1) is 18.8 Å². The van der Waals surface area contributed by atoms with Crippen LogP contribution in [-0.4, -0.2) is 34.9 Å². The van der Waals surface area contributed by atoms with E-state index in [0.717, 1.165) is 32.1 Å². The van der Waals surface area contributed by atoms with Crippen LogP contribution in [0, 0.1) is 0 Å². The molecule has 0 aliphatic heterocycles. The highest BCUT2D eigenvalue weighted by Gasteiger charge is 2.17. The number of hydrogen-bond acceptors (Lipinski definition) is 3. The Hall–Kier alpha value is -1.13. The van der Waals surface area contributed by atoms with Crippen LogP contribution in [0.3, 0.4) is 0 Å². The van der Waals surface area contributed by atoms with Crippen molar-refractivity contribution < 1.29 is 15.0 Å². The highest BCUT2D eigenvalue weighted by Crippen LogP contribution is 2.15. The Bertz CT molecular complexity index is 661. The van der Waals surface area contributed by atoms with Crippen molar-refractivity contribution in [2.75, 3.05) is 6.61 Å². The van der Waals surface area contributed by atoms with E-state index in [2.05, 4.69) is 31.3 Å². The van der Waals surface area contributed by atoms with Crippen molar-refractivity contribution >= 4 is 5.91 Å². The molecule has 272 valence electrons. The first-order chi connectivity index (χ1) is 22.7. The van der Waals surface area contributed by atoms with E-state index in [1.807, 2.05) is 6.08 Å². The molecule has 0 aliphatic rings. The molecule has 0 rings (SSSR count). The molecule has 0 aliphatic carbocycles. The number of unbranched alkanes of at least 4 members (excludes halogenated alkanes) is 28. The van der Waals surface area contributed by atoms with Gasteiger partial charge in [-0.3, -0.25) is 4.79 Å². The van der Waals surface area contributed by atoms with Gasteiger partial charge >= 0.3 is 0 Å². The predicted octanol–water partition coefficient (Wildman–Crippen LogP) is 12.5. The fraction of sp³-hybridized carbons (Fsp3) is 0.881. The average Bonchev–Trinajstić information content (AvgIpc) is 3.06. The van der Waals surface area contributed by atoms with Gasteiger partial charge < -0.3 is 15.5 Å². The summed E-state index contributed by atoms with van der Waals surface area (Å²) in [6, 6.07) is -0.633. The van der Waals surface area contributed by atoms with Crippen LogP contribution < -0.4 is 5.32 Å². The van der Waals surface area contributed by atoms with Gasteiger partial charge in [0.15, 0.2) is 0 Å². The molecule has 0 aromatic carbocycles. The molecule has 0 aromatic rings. The van der Waals surface area contributed by atoms with Crippen LogP contribution in [0.1, 0.15) is 219 Å². The molecular weight excluding hydrogens is 566 g/mol. The smallest absolute Gasteiger partial charge is 0.220 e. The third-order valence-corrected chi connectivity index (χ3v) is 9.44. The molecule has 4 nitrogen and oxygen atoms in total. The third-order valence-electron chi connectivity index (χ3n) is 9.44. The first kappa shape index (κ1) is 44.9. The van der Waals surface area contributed by atoms with Crippen LogP contribution in [-0.2, 0) is 4.79 Å². The molecule has 4 heteroatoms. The lowest BCUT2D eigenvalue weighted by atomic mass is 10.0. The van der Waals surface area contributed by atoms with Crippen molar-refractivity contribution in [1.82, 2.24) is 5.32 Å². The van der Waals surface area contributed by atoms with E-state index >= 15 is 0 Å². The van der Waals surface area contributed by atoms with Crippen LogP contribution >= 0.6 is 0 Å². The number of nitrogens with one attached hydrogen (secondary N) is 1. The van der Waals surface area contributed by atoms with E-state index in [1.165, 1.54) is 167 Å². The van der Waals surface area contributed by atoms with Crippen molar-refractivity contribution in [3.05, 3.63) is 24.3 Å². The van der Waals surface area contributed by atoms with Crippen molar-refractivity contribution in [3.63, 3.8) is 0 Å². The molecular formula is C42H81NO3. The minimum atomic E-state index is -0.856. The second-order valence-electron chi connectivity index (χ2n) is 14.1. The monoisotopic (exact) mass is 648 g/mol. The molecule has 3 N–H and O–H groups in total. The van der Waals surface area contributed by atoms with Gasteiger partial charge in [0.25, 0.3) is 0 Å². The summed E-state index contributed by atoms with van der Waals surface area (Å²) in [5.74, 6) is -0.0715. The first-order valence-corrected chi connectivity index (χ1v) is 20.6. The highest BCUT2D eigenvalue weighted by atomic mass is 16.3. The van der Waals surface area contributed by atoms with Gasteiger partial charge in [-0.1, -0.05) is 205 Å². The molecule has 0 fully saturated rings. The molecule has 2 atom stereocenters. The van der Waals surface area contributed by atoms with Crippen molar-refractivity contribution in [1.29, 1.82) is 0 Å². The SMILES string of the molecule is CCCCCCCCCC/C=C/CC/C=C/[C@@H](O)[C@H](CO)NC(=O)CCCCCCCCCCCCCCCCCCCCCC. The molecule has 0 unspecified atom stereocenters. The van der Waals surface area contributed by atoms with Crippen LogP contribution in [0.15, 0.2) is 24.3 Å². The molecule has 0 radical (unpaired) electrons. The number of aliphatic hydroxyl groups is 2. The van der Waals surface area contributed by atoms with Gasteiger partial charge in [0.2, 0.25) is 5.91 Å². The zero-order chi connectivity index (χ0) is 33.6. The second-order valence-corrected chi connectivity index (χ2v) is 14.1. The molecule has 0 spiro atoms. The van der Waals surface area contributed by atoms with E-state index in [1.54, 1.807) is 6.08 Å². The number of carbonyl (C=O) groups excluding carboxylic acids is 1. The lowest BCUT2D eigenvalue weighted by molar-refractivity contribution is -0.123. The van der Waals surface area contributed by atoms with Crippen LogP contribution in [0.25, 0.3) is 0 Å². The van der Waals surface area contributed by atoms with Gasteiger partial charge in [0, 0.05) is 6.42 Å². The fourth-order valence-electron chi connectivity index (χ4n) is 6.25. The van der Waals surface area contributed by atoms with Gasteiger partial charge in [0.1, 0.15) is 0 Å². The molecule has 46 heavy (non-hydrogen) atoms. The number of hydrogen-bond donors (Lipinski definition) is 3. The summed E-state index contributed by atoms with van der Waals surface area (Å²) in [6.45, 7) is 4.30. The standard InChI is InChI=1S/C42H81NO3/c1-3-5-7-9-11-13-15-17-19-20-21-22-23-24-26-28-30-32-34-36-38-42(46)43-40(39-44)41(45)37-35-33-31-29-27-25-18-16-14-12-10-8-6-4-2/h27,29,35,37,40-41,44-45H,3-26,28,30-34,36,38-39H2,1-2H3,(H,43,46)/b29-27+,37-35+/t40-,41+/m0/s1. The zero-order valence-corrected chi connectivity index (χ0v) is 31.1. The van der Waals surface area contributed by atoms with E-state index < -0.39 is 12.1 Å². The average molecular weight is 648 g/mol.